The number of carbonyl (C=O) groups excluding carboxylic acids is 1. The second kappa shape index (κ2) is 5.63. The first kappa shape index (κ1) is 16.8. The normalized spacial score (nSPS) is 13.6. The van der Waals surface area contributed by atoms with E-state index in [1.165, 1.54) is 6.07 Å². The van der Waals surface area contributed by atoms with E-state index in [2.05, 4.69) is 0 Å². The third-order valence-electron chi connectivity index (χ3n) is 2.59. The molecular formula is C12H8F6N2O. The molecule has 0 saturated heterocycles. The van der Waals surface area contributed by atoms with Crippen molar-refractivity contribution < 1.29 is 31.1 Å². The molecule has 0 bridgehead atoms. The lowest BCUT2D eigenvalue weighted by Gasteiger charge is -2.14. The molecule has 3 nitrogen and oxygen atoms in total. The van der Waals surface area contributed by atoms with Gasteiger partial charge in [-0.05, 0) is 30.2 Å². The number of nitrogens with zero attached hydrogens (tertiary/aromatic N) is 1. The lowest BCUT2D eigenvalue weighted by atomic mass is 9.96. The third-order valence-corrected chi connectivity index (χ3v) is 2.59. The van der Waals surface area contributed by atoms with Gasteiger partial charge in [-0.2, -0.15) is 31.6 Å². The zero-order chi connectivity index (χ0) is 16.4. The number of halogens is 6. The van der Waals surface area contributed by atoms with Crippen molar-refractivity contribution in [3.8, 4) is 6.07 Å². The van der Waals surface area contributed by atoms with Crippen molar-refractivity contribution in [1.82, 2.24) is 0 Å². The van der Waals surface area contributed by atoms with E-state index in [0.717, 1.165) is 0 Å². The summed E-state index contributed by atoms with van der Waals surface area (Å²) < 4.78 is 75.5. The molecule has 0 aliphatic heterocycles. The predicted octanol–water partition coefficient (Wildman–Crippen LogP) is 2.89. The second-order valence-corrected chi connectivity index (χ2v) is 4.20. The maximum absolute atomic E-state index is 12.6. The summed E-state index contributed by atoms with van der Waals surface area (Å²) in [6.07, 6.45) is -10.6. The third kappa shape index (κ3) is 4.37. The molecule has 0 radical (unpaired) electrons. The molecule has 114 valence electrons. The van der Waals surface area contributed by atoms with Gasteiger partial charge >= 0.3 is 12.4 Å². The van der Waals surface area contributed by atoms with Crippen molar-refractivity contribution in [2.24, 2.45) is 11.7 Å². The molecular weight excluding hydrogens is 302 g/mol. The van der Waals surface area contributed by atoms with Gasteiger partial charge in [0, 0.05) is 0 Å². The van der Waals surface area contributed by atoms with Crippen LogP contribution in [0.15, 0.2) is 18.2 Å². The SMILES string of the molecule is N#CC(Cc1cc(C(F)(F)F)cc(C(F)(F)F)c1)C(N)=O. The summed E-state index contributed by atoms with van der Waals surface area (Å²) in [6.45, 7) is 0. The second-order valence-electron chi connectivity index (χ2n) is 4.20. The Morgan fingerprint density at radius 3 is 1.81 bits per heavy atom. The van der Waals surface area contributed by atoms with E-state index in [9.17, 15) is 31.1 Å². The minimum Gasteiger partial charge on any atom is -0.369 e. The average Bonchev–Trinajstić information content (AvgIpc) is 2.33. The number of primary amides is 1. The molecule has 0 aliphatic rings. The topological polar surface area (TPSA) is 66.9 Å². The van der Waals surface area contributed by atoms with Crippen LogP contribution in [0.5, 0.6) is 0 Å². The van der Waals surface area contributed by atoms with E-state index in [1.54, 1.807) is 0 Å². The van der Waals surface area contributed by atoms with Crippen LogP contribution >= 0.6 is 0 Å². The van der Waals surface area contributed by atoms with Crippen LogP contribution in [0, 0.1) is 17.2 Å². The summed E-state index contributed by atoms with van der Waals surface area (Å²) in [7, 11) is 0. The van der Waals surface area contributed by atoms with Crippen LogP contribution < -0.4 is 5.73 Å². The first-order valence-electron chi connectivity index (χ1n) is 5.42. The number of alkyl halides is 6. The van der Waals surface area contributed by atoms with E-state index in [0.29, 0.717) is 12.1 Å². The number of amides is 1. The van der Waals surface area contributed by atoms with E-state index in [1.807, 2.05) is 0 Å². The molecule has 1 atom stereocenters. The summed E-state index contributed by atoms with van der Waals surface area (Å²) in [6, 6.07) is 2.32. The van der Waals surface area contributed by atoms with Crippen LogP contribution in [0.2, 0.25) is 0 Å². The molecule has 0 aromatic heterocycles. The summed E-state index contributed by atoms with van der Waals surface area (Å²) in [4.78, 5) is 10.9. The fourth-order valence-corrected chi connectivity index (χ4v) is 1.58. The van der Waals surface area contributed by atoms with E-state index < -0.39 is 47.3 Å². The Balaban J connectivity index is 3.33. The largest absolute Gasteiger partial charge is 0.416 e. The monoisotopic (exact) mass is 310 g/mol. The van der Waals surface area contributed by atoms with Gasteiger partial charge in [-0.15, -0.1) is 0 Å². The van der Waals surface area contributed by atoms with Gasteiger partial charge in [0.1, 0.15) is 5.92 Å². The molecule has 9 heteroatoms. The van der Waals surface area contributed by atoms with Gasteiger partial charge in [-0.1, -0.05) is 0 Å². The summed E-state index contributed by atoms with van der Waals surface area (Å²) in [5, 5.41) is 8.62. The summed E-state index contributed by atoms with van der Waals surface area (Å²) >= 11 is 0. The molecule has 0 heterocycles. The Morgan fingerprint density at radius 2 is 1.52 bits per heavy atom. The Morgan fingerprint density at radius 1 is 1.10 bits per heavy atom. The van der Waals surface area contributed by atoms with Gasteiger partial charge < -0.3 is 5.73 Å². The highest BCUT2D eigenvalue weighted by Gasteiger charge is 2.37. The Bertz CT molecular complexity index is 553. The van der Waals surface area contributed by atoms with Crippen LogP contribution in [0.1, 0.15) is 16.7 Å². The molecule has 1 rings (SSSR count). The molecule has 0 aliphatic carbocycles. The van der Waals surface area contributed by atoms with Gasteiger partial charge in [-0.25, -0.2) is 0 Å². The molecule has 1 aromatic rings. The fraction of sp³-hybridized carbons (Fsp3) is 0.333. The van der Waals surface area contributed by atoms with Crippen LogP contribution in [-0.4, -0.2) is 5.91 Å². The van der Waals surface area contributed by atoms with Crippen LogP contribution in [0.4, 0.5) is 26.3 Å². The molecule has 0 fully saturated rings. The van der Waals surface area contributed by atoms with E-state index >= 15 is 0 Å². The molecule has 0 spiro atoms. The van der Waals surface area contributed by atoms with Crippen molar-refractivity contribution in [2.45, 2.75) is 18.8 Å². The predicted molar refractivity (Wildman–Crippen MR) is 58.4 cm³/mol. The lowest BCUT2D eigenvalue weighted by molar-refractivity contribution is -0.143. The number of nitriles is 1. The van der Waals surface area contributed by atoms with Crippen molar-refractivity contribution >= 4 is 5.91 Å². The molecule has 1 unspecified atom stereocenters. The van der Waals surface area contributed by atoms with E-state index in [-0.39, 0.29) is 6.07 Å². The van der Waals surface area contributed by atoms with Crippen molar-refractivity contribution in [3.63, 3.8) is 0 Å². The Hall–Kier alpha value is -2.24. The van der Waals surface area contributed by atoms with Crippen molar-refractivity contribution in [2.75, 3.05) is 0 Å². The summed E-state index contributed by atoms with van der Waals surface area (Å²) in [5.74, 6) is -2.63. The maximum Gasteiger partial charge on any atom is 0.416 e. The van der Waals surface area contributed by atoms with Gasteiger partial charge in [0.25, 0.3) is 0 Å². The van der Waals surface area contributed by atoms with Gasteiger partial charge in [0.2, 0.25) is 5.91 Å². The smallest absolute Gasteiger partial charge is 0.369 e. The fourth-order valence-electron chi connectivity index (χ4n) is 1.58. The maximum atomic E-state index is 12.6. The minimum absolute atomic E-state index is 0.0326. The molecule has 21 heavy (non-hydrogen) atoms. The highest BCUT2D eigenvalue weighted by molar-refractivity contribution is 5.79. The Labute approximate surface area is 115 Å². The molecule has 1 amide bonds. The van der Waals surface area contributed by atoms with Gasteiger partial charge in [0.15, 0.2) is 0 Å². The Kier molecular flexibility index (Phi) is 4.51. The van der Waals surface area contributed by atoms with Crippen LogP contribution in [0.25, 0.3) is 0 Å². The van der Waals surface area contributed by atoms with Crippen LogP contribution in [-0.2, 0) is 23.6 Å². The van der Waals surface area contributed by atoms with Crippen molar-refractivity contribution in [3.05, 3.63) is 34.9 Å². The van der Waals surface area contributed by atoms with Gasteiger partial charge in [-0.3, -0.25) is 4.79 Å². The summed E-state index contributed by atoms with van der Waals surface area (Å²) in [5.41, 5.74) is 1.38. The number of benzene rings is 1. The van der Waals surface area contributed by atoms with Gasteiger partial charge in [0.05, 0.1) is 17.2 Å². The standard InChI is InChI=1S/C12H8F6N2O/c13-11(14,15)8-2-6(1-7(5-19)10(20)21)3-9(4-8)12(16,17)18/h2-4,7H,1H2,(H2,20,21). The number of rotatable bonds is 3. The number of hydrogen-bond donors (Lipinski definition) is 1. The zero-order valence-electron chi connectivity index (χ0n) is 10.2. The highest BCUT2D eigenvalue weighted by atomic mass is 19.4. The number of carbonyl (C=O) groups is 1. The minimum atomic E-state index is -4.98. The number of hydrogen-bond acceptors (Lipinski definition) is 2. The molecule has 0 saturated carbocycles. The number of nitrogens with two attached hydrogens (primary N) is 1. The molecule has 2 N–H and O–H groups in total. The van der Waals surface area contributed by atoms with Crippen LogP contribution in [0.3, 0.4) is 0 Å². The first-order chi connectivity index (χ1) is 9.45. The highest BCUT2D eigenvalue weighted by Crippen LogP contribution is 2.36. The van der Waals surface area contributed by atoms with Crippen molar-refractivity contribution in [1.29, 1.82) is 5.26 Å². The zero-order valence-corrected chi connectivity index (χ0v) is 10.2. The van der Waals surface area contributed by atoms with E-state index in [4.69, 9.17) is 11.0 Å². The molecule has 1 aromatic carbocycles. The quantitative estimate of drug-likeness (QED) is 0.872. The lowest BCUT2D eigenvalue weighted by Crippen LogP contribution is -2.24. The first-order valence-corrected chi connectivity index (χ1v) is 5.42. The average molecular weight is 310 g/mol.